The van der Waals surface area contributed by atoms with Crippen molar-refractivity contribution in [3.05, 3.63) is 104 Å². The first-order valence-electron chi connectivity index (χ1n) is 14.6. The molecule has 3 aromatic carbocycles. The van der Waals surface area contributed by atoms with Crippen molar-refractivity contribution in [3.63, 3.8) is 0 Å². The van der Waals surface area contributed by atoms with Gasteiger partial charge in [-0.15, -0.1) is 0 Å². The molecule has 1 unspecified atom stereocenters. The van der Waals surface area contributed by atoms with Gasteiger partial charge < -0.3 is 13.9 Å². The largest absolute Gasteiger partial charge is 0.494 e. The highest BCUT2D eigenvalue weighted by Gasteiger charge is 2.44. The Bertz CT molecular complexity index is 1680. The van der Waals surface area contributed by atoms with Crippen LogP contribution < -0.4 is 15.1 Å². The quantitative estimate of drug-likeness (QED) is 0.145. The summed E-state index contributed by atoms with van der Waals surface area (Å²) >= 11 is 0. The van der Waals surface area contributed by atoms with Crippen LogP contribution in [0.15, 0.2) is 69.9 Å². The van der Waals surface area contributed by atoms with Gasteiger partial charge in [0.05, 0.1) is 35.8 Å². The van der Waals surface area contributed by atoms with Gasteiger partial charge >= 0.3 is 5.97 Å². The van der Waals surface area contributed by atoms with E-state index in [1.807, 2.05) is 51.1 Å². The van der Waals surface area contributed by atoms with Crippen molar-refractivity contribution in [2.24, 2.45) is 5.92 Å². The lowest BCUT2D eigenvalue weighted by Crippen LogP contribution is -2.29. The van der Waals surface area contributed by atoms with E-state index in [2.05, 4.69) is 13.8 Å². The second-order valence-electron chi connectivity index (χ2n) is 11.3. The van der Waals surface area contributed by atoms with Crippen LogP contribution in [0, 0.1) is 19.8 Å². The number of anilines is 1. The van der Waals surface area contributed by atoms with Crippen molar-refractivity contribution >= 4 is 28.5 Å². The van der Waals surface area contributed by atoms with Crippen molar-refractivity contribution in [2.45, 2.75) is 59.9 Å². The van der Waals surface area contributed by atoms with Crippen molar-refractivity contribution in [2.75, 3.05) is 18.1 Å². The Balaban J connectivity index is 1.60. The van der Waals surface area contributed by atoms with E-state index in [1.54, 1.807) is 35.2 Å². The van der Waals surface area contributed by atoms with Gasteiger partial charge in [-0.25, -0.2) is 4.79 Å². The molecule has 1 aromatic heterocycles. The Labute approximate surface area is 246 Å². The molecule has 0 N–H and O–H groups in total. The molecule has 7 heteroatoms. The zero-order valence-corrected chi connectivity index (χ0v) is 24.9. The highest BCUT2D eigenvalue weighted by Crippen LogP contribution is 2.42. The molecule has 0 radical (unpaired) electrons. The zero-order valence-electron chi connectivity index (χ0n) is 24.9. The monoisotopic (exact) mass is 567 g/mol. The summed E-state index contributed by atoms with van der Waals surface area (Å²) in [5, 5.41) is 0.436. The summed E-state index contributed by atoms with van der Waals surface area (Å²) in [5.74, 6) is 0.352. The molecule has 1 aliphatic heterocycles. The first kappa shape index (κ1) is 29.1. The van der Waals surface area contributed by atoms with E-state index in [0.717, 1.165) is 36.0 Å². The van der Waals surface area contributed by atoms with E-state index in [-0.39, 0.29) is 16.8 Å². The van der Waals surface area contributed by atoms with Gasteiger partial charge in [0.25, 0.3) is 5.91 Å². The van der Waals surface area contributed by atoms with E-state index in [4.69, 9.17) is 13.9 Å². The lowest BCUT2D eigenvalue weighted by Gasteiger charge is -2.25. The highest BCUT2D eigenvalue weighted by molar-refractivity contribution is 6.11. The van der Waals surface area contributed by atoms with Crippen molar-refractivity contribution in [1.82, 2.24) is 0 Å². The Hall–Kier alpha value is -4.39. The standard InChI is InChI=1S/C35H37NO6/c1-6-7-16-41-35(39)24-11-13-26(14-12-24)36-31(25-9-8-10-27(20-25)40-17-15-21(2)3)30-32(37)28-18-22(4)23(5)19-29(28)42-33(30)34(36)38/h8-14,18-21,31H,6-7,15-17H2,1-5H3. The van der Waals surface area contributed by atoms with Gasteiger partial charge in [0.15, 0.2) is 5.43 Å². The number of unbranched alkanes of at least 4 members (excludes halogenated alkanes) is 1. The minimum absolute atomic E-state index is 0.0231. The van der Waals surface area contributed by atoms with Crippen LogP contribution in [0.2, 0.25) is 0 Å². The van der Waals surface area contributed by atoms with Crippen molar-refractivity contribution < 1.29 is 23.5 Å². The Morgan fingerprint density at radius 3 is 2.43 bits per heavy atom. The predicted molar refractivity (Wildman–Crippen MR) is 164 cm³/mol. The molecule has 1 atom stereocenters. The van der Waals surface area contributed by atoms with Crippen molar-refractivity contribution in [3.8, 4) is 5.75 Å². The molecule has 0 bridgehead atoms. The second-order valence-corrected chi connectivity index (χ2v) is 11.3. The van der Waals surface area contributed by atoms with Gasteiger partial charge in [0.2, 0.25) is 5.76 Å². The average molecular weight is 568 g/mol. The summed E-state index contributed by atoms with van der Waals surface area (Å²) in [6, 6.07) is 17.1. The van der Waals surface area contributed by atoms with Crippen LogP contribution in [0.3, 0.4) is 0 Å². The third-order valence-electron chi connectivity index (χ3n) is 7.74. The lowest BCUT2D eigenvalue weighted by atomic mass is 9.97. The lowest BCUT2D eigenvalue weighted by molar-refractivity contribution is 0.0499. The van der Waals surface area contributed by atoms with Crippen LogP contribution >= 0.6 is 0 Å². The number of esters is 1. The number of ether oxygens (including phenoxy) is 2. The van der Waals surface area contributed by atoms with Gasteiger partial charge in [-0.3, -0.25) is 14.5 Å². The smallest absolute Gasteiger partial charge is 0.338 e. The molecule has 0 saturated heterocycles. The van der Waals surface area contributed by atoms with Gasteiger partial charge in [-0.05, 0) is 97.8 Å². The van der Waals surface area contributed by atoms with E-state index < -0.39 is 17.9 Å². The van der Waals surface area contributed by atoms with Crippen molar-refractivity contribution in [1.29, 1.82) is 0 Å². The average Bonchev–Trinajstić information content (AvgIpc) is 3.26. The number of benzene rings is 3. The number of carbonyl (C=O) groups excluding carboxylic acids is 2. The maximum Gasteiger partial charge on any atom is 0.338 e. The fraction of sp³-hybridized carbons (Fsp3) is 0.343. The van der Waals surface area contributed by atoms with E-state index in [1.165, 1.54) is 0 Å². The van der Waals surface area contributed by atoms with E-state index >= 15 is 0 Å². The maximum absolute atomic E-state index is 14.1. The molecular formula is C35H37NO6. The Morgan fingerprint density at radius 2 is 1.71 bits per heavy atom. The normalized spacial score (nSPS) is 14.5. The fourth-order valence-corrected chi connectivity index (χ4v) is 5.15. The molecule has 0 saturated carbocycles. The fourth-order valence-electron chi connectivity index (χ4n) is 5.15. The summed E-state index contributed by atoms with van der Waals surface area (Å²) in [6.45, 7) is 11.1. The topological polar surface area (TPSA) is 86.0 Å². The van der Waals surface area contributed by atoms with Gasteiger partial charge in [-0.2, -0.15) is 0 Å². The number of carbonyl (C=O) groups is 2. The van der Waals surface area contributed by atoms with Crippen LogP contribution in [0.4, 0.5) is 5.69 Å². The van der Waals surface area contributed by atoms with Gasteiger partial charge in [0, 0.05) is 5.69 Å². The molecule has 218 valence electrons. The first-order valence-corrected chi connectivity index (χ1v) is 14.6. The summed E-state index contributed by atoms with van der Waals surface area (Å²) in [4.78, 5) is 42.2. The van der Waals surface area contributed by atoms with Crippen LogP contribution in [-0.4, -0.2) is 25.1 Å². The molecule has 0 fully saturated rings. The van der Waals surface area contributed by atoms with E-state index in [0.29, 0.717) is 47.1 Å². The summed E-state index contributed by atoms with van der Waals surface area (Å²) in [5.41, 5.74) is 4.02. The molecule has 42 heavy (non-hydrogen) atoms. The number of hydrogen-bond acceptors (Lipinski definition) is 6. The van der Waals surface area contributed by atoms with Gasteiger partial charge in [0.1, 0.15) is 11.3 Å². The second kappa shape index (κ2) is 12.2. The number of fused-ring (bicyclic) bond motifs is 2. The molecular weight excluding hydrogens is 530 g/mol. The molecule has 0 aliphatic carbocycles. The molecule has 5 rings (SSSR count). The van der Waals surface area contributed by atoms with Crippen LogP contribution in [0.5, 0.6) is 5.75 Å². The SMILES string of the molecule is CCCCOC(=O)c1ccc(N2C(=O)c3oc4cc(C)c(C)cc4c(=O)c3C2c2cccc(OCCC(C)C)c2)cc1. The summed E-state index contributed by atoms with van der Waals surface area (Å²) < 4.78 is 17.6. The summed E-state index contributed by atoms with van der Waals surface area (Å²) in [7, 11) is 0. The minimum atomic E-state index is -0.745. The number of nitrogens with zero attached hydrogens (tertiary/aromatic N) is 1. The zero-order chi connectivity index (χ0) is 30.0. The Kier molecular flexibility index (Phi) is 8.48. The molecule has 4 aromatic rings. The minimum Gasteiger partial charge on any atom is -0.494 e. The molecule has 1 aliphatic rings. The van der Waals surface area contributed by atoms with Crippen LogP contribution in [0.1, 0.15) is 89.2 Å². The maximum atomic E-state index is 14.1. The van der Waals surface area contributed by atoms with Gasteiger partial charge in [-0.1, -0.05) is 39.3 Å². The first-order chi connectivity index (χ1) is 20.2. The number of aryl methyl sites for hydroxylation is 2. The van der Waals surface area contributed by atoms with Crippen LogP contribution in [0.25, 0.3) is 11.0 Å². The molecule has 7 nitrogen and oxygen atoms in total. The number of hydrogen-bond donors (Lipinski definition) is 0. The molecule has 2 heterocycles. The third-order valence-corrected chi connectivity index (χ3v) is 7.74. The predicted octanol–water partition coefficient (Wildman–Crippen LogP) is 7.54. The third kappa shape index (κ3) is 5.69. The van der Waals surface area contributed by atoms with E-state index in [9.17, 15) is 14.4 Å². The number of rotatable bonds is 10. The molecule has 1 amide bonds. The summed E-state index contributed by atoms with van der Waals surface area (Å²) in [6.07, 6.45) is 2.62. The number of amides is 1. The highest BCUT2D eigenvalue weighted by atomic mass is 16.5. The van der Waals surface area contributed by atoms with Crippen LogP contribution in [-0.2, 0) is 4.74 Å². The molecule has 0 spiro atoms. The Morgan fingerprint density at radius 1 is 0.976 bits per heavy atom.